The third-order valence-electron chi connectivity index (χ3n) is 10.2. The predicted octanol–water partition coefficient (Wildman–Crippen LogP) is 6.97. The highest BCUT2D eigenvalue weighted by atomic mass is 32.1. The minimum absolute atomic E-state index is 0.0488. The highest BCUT2D eigenvalue weighted by Crippen LogP contribution is 2.49. The number of carbonyl (C=O) groups is 2. The Balaban J connectivity index is 2.63. The van der Waals surface area contributed by atoms with Crippen LogP contribution in [0.25, 0.3) is 0 Å². The maximum Gasteiger partial charge on any atom is 0.472 e. The number of phosphoric ester groups is 2. The lowest BCUT2D eigenvalue weighted by atomic mass is 9.85. The molecule has 0 aliphatic heterocycles. The van der Waals surface area contributed by atoms with E-state index in [0.717, 1.165) is 63.5 Å². The number of unbranched alkanes of at least 4 members (excludes halogenated alkanes) is 22. The third kappa shape index (κ3) is 27.3. The number of aliphatic hydroxyl groups excluding tert-OH is 4. The number of thiol groups is 1. The Morgan fingerprint density at radius 3 is 1.36 bits per heavy atom. The van der Waals surface area contributed by atoms with Gasteiger partial charge in [0.15, 0.2) is 6.10 Å². The molecule has 16 nitrogen and oxygen atoms in total. The molecule has 344 valence electrons. The van der Waals surface area contributed by atoms with Gasteiger partial charge in [-0.25, -0.2) is 9.13 Å². The molecule has 0 aromatic heterocycles. The van der Waals surface area contributed by atoms with Gasteiger partial charge in [-0.2, -0.15) is 12.6 Å². The maximum absolute atomic E-state index is 12.9. The van der Waals surface area contributed by atoms with Crippen LogP contribution in [0.3, 0.4) is 0 Å². The second-order valence-corrected chi connectivity index (χ2v) is 18.6. The molecular weight excluding hydrogens is 818 g/mol. The fourth-order valence-corrected chi connectivity index (χ4v) is 8.59. The van der Waals surface area contributed by atoms with Gasteiger partial charge in [0, 0.05) is 12.8 Å². The van der Waals surface area contributed by atoms with Crippen molar-refractivity contribution >= 4 is 40.2 Å². The van der Waals surface area contributed by atoms with Gasteiger partial charge in [-0.05, 0) is 25.0 Å². The molecule has 0 radical (unpaired) electrons. The fraction of sp³-hybridized carbons (Fsp3) is 0.949. The first-order valence-corrected chi connectivity index (χ1v) is 25.4. The van der Waals surface area contributed by atoms with Crippen LogP contribution in [0.2, 0.25) is 0 Å². The summed E-state index contributed by atoms with van der Waals surface area (Å²) in [5.74, 6) is -0.268. The Hall–Kier alpha value is -0.650. The Kier molecular flexibility index (Phi) is 31.5. The zero-order chi connectivity index (χ0) is 43.2. The highest BCUT2D eigenvalue weighted by Gasteiger charge is 2.54. The molecule has 1 aliphatic rings. The molecule has 8 atom stereocenters. The first-order chi connectivity index (χ1) is 27.6. The van der Waals surface area contributed by atoms with Crippen LogP contribution in [0.1, 0.15) is 174 Å². The van der Waals surface area contributed by atoms with Gasteiger partial charge in [-0.3, -0.25) is 23.2 Å². The van der Waals surface area contributed by atoms with Gasteiger partial charge >= 0.3 is 27.6 Å². The van der Waals surface area contributed by atoms with Gasteiger partial charge in [0.1, 0.15) is 43.2 Å². The van der Waals surface area contributed by atoms with E-state index in [2.05, 4.69) is 24.1 Å². The van der Waals surface area contributed by atoms with Crippen molar-refractivity contribution in [3.63, 3.8) is 0 Å². The van der Waals surface area contributed by atoms with Gasteiger partial charge in [0.2, 0.25) is 0 Å². The summed E-state index contributed by atoms with van der Waals surface area (Å²) >= 11 is 4.24. The Morgan fingerprint density at radius 2 is 0.931 bits per heavy atom. The molecule has 1 rings (SSSR count). The van der Waals surface area contributed by atoms with Crippen LogP contribution in [-0.2, 0) is 41.8 Å². The average molecular weight is 895 g/mol. The molecule has 0 saturated heterocycles. The molecular formula is C39H76O16P2S. The van der Waals surface area contributed by atoms with Crippen molar-refractivity contribution < 1.29 is 76.9 Å². The zero-order valence-corrected chi connectivity index (χ0v) is 37.4. The van der Waals surface area contributed by atoms with Crippen molar-refractivity contribution in [2.24, 2.45) is 0 Å². The van der Waals surface area contributed by atoms with Crippen LogP contribution >= 0.6 is 28.3 Å². The molecule has 58 heavy (non-hydrogen) atoms. The lowest BCUT2D eigenvalue weighted by Crippen LogP contribution is -2.64. The number of phosphoric acid groups is 2. The van der Waals surface area contributed by atoms with E-state index < -0.39 is 83.5 Å². The summed E-state index contributed by atoms with van der Waals surface area (Å²) in [5, 5.41) is 41.1. The highest BCUT2D eigenvalue weighted by molar-refractivity contribution is 7.80. The number of esters is 2. The van der Waals surface area contributed by atoms with E-state index in [1.807, 2.05) is 0 Å². The summed E-state index contributed by atoms with van der Waals surface area (Å²) < 4.78 is 49.2. The van der Waals surface area contributed by atoms with Crippen LogP contribution < -0.4 is 0 Å². The molecule has 1 aliphatic carbocycles. The first kappa shape index (κ1) is 55.4. The zero-order valence-electron chi connectivity index (χ0n) is 34.7. The third-order valence-corrected chi connectivity index (χ3v) is 12.1. The molecule has 7 N–H and O–H groups in total. The molecule has 0 amide bonds. The maximum atomic E-state index is 12.9. The van der Waals surface area contributed by atoms with Gasteiger partial charge in [-0.1, -0.05) is 142 Å². The van der Waals surface area contributed by atoms with E-state index in [1.165, 1.54) is 83.5 Å². The summed E-state index contributed by atoms with van der Waals surface area (Å²) in [6.07, 6.45) is 11.9. The van der Waals surface area contributed by atoms with Crippen molar-refractivity contribution in [1.29, 1.82) is 0 Å². The quantitative estimate of drug-likeness (QED) is 0.0136. The number of hydrogen-bond donors (Lipinski definition) is 8. The van der Waals surface area contributed by atoms with Crippen LogP contribution in [-0.4, -0.2) is 109 Å². The van der Waals surface area contributed by atoms with Crippen molar-refractivity contribution in [2.45, 2.75) is 217 Å². The van der Waals surface area contributed by atoms with Crippen LogP contribution in [0.15, 0.2) is 0 Å². The second kappa shape index (κ2) is 33.0. The second-order valence-electron chi connectivity index (χ2n) is 15.5. The number of hydrogen-bond acceptors (Lipinski definition) is 14. The first-order valence-electron chi connectivity index (χ1n) is 21.7. The number of rotatable bonds is 37. The topological polar surface area (TPSA) is 256 Å². The molecule has 0 aromatic rings. The van der Waals surface area contributed by atoms with Crippen molar-refractivity contribution in [2.75, 3.05) is 19.0 Å². The lowest BCUT2D eigenvalue weighted by Gasteiger charge is -2.43. The normalized spacial score (nSPS) is 22.7. The van der Waals surface area contributed by atoms with Crippen molar-refractivity contribution in [3.05, 3.63) is 0 Å². The summed E-state index contributed by atoms with van der Waals surface area (Å²) in [6.45, 7) is 0.880. The van der Waals surface area contributed by atoms with E-state index in [4.69, 9.17) is 28.3 Å². The summed E-state index contributed by atoms with van der Waals surface area (Å²) in [5.41, 5.74) is 0. The molecule has 0 heterocycles. The summed E-state index contributed by atoms with van der Waals surface area (Å²) in [4.78, 5) is 54.0. The van der Waals surface area contributed by atoms with Gasteiger partial charge < -0.3 is 44.6 Å². The number of aliphatic hydroxyl groups is 4. The Morgan fingerprint density at radius 1 is 0.534 bits per heavy atom. The van der Waals surface area contributed by atoms with Gasteiger partial charge in [0.05, 0.1) is 6.61 Å². The largest absolute Gasteiger partial charge is 0.472 e. The minimum atomic E-state index is -5.36. The van der Waals surface area contributed by atoms with Crippen LogP contribution in [0.5, 0.6) is 0 Å². The van der Waals surface area contributed by atoms with E-state index in [1.54, 1.807) is 0 Å². The monoisotopic (exact) mass is 894 g/mol. The van der Waals surface area contributed by atoms with Gasteiger partial charge in [-0.15, -0.1) is 0 Å². The molecule has 1 fully saturated rings. The van der Waals surface area contributed by atoms with Crippen LogP contribution in [0, 0.1) is 0 Å². The van der Waals surface area contributed by atoms with E-state index in [0.29, 0.717) is 12.8 Å². The van der Waals surface area contributed by atoms with E-state index in [9.17, 15) is 44.0 Å². The molecule has 19 heteroatoms. The number of carbonyl (C=O) groups excluding carboxylic acids is 2. The average Bonchev–Trinajstić information content (AvgIpc) is 3.17. The van der Waals surface area contributed by atoms with Crippen molar-refractivity contribution in [1.82, 2.24) is 0 Å². The molecule has 0 bridgehead atoms. The lowest BCUT2D eigenvalue weighted by molar-refractivity contribution is -0.216. The smallest absolute Gasteiger partial charge is 0.462 e. The Bertz CT molecular complexity index is 1160. The van der Waals surface area contributed by atoms with Gasteiger partial charge in [0.25, 0.3) is 0 Å². The van der Waals surface area contributed by atoms with E-state index in [-0.39, 0.29) is 12.8 Å². The summed E-state index contributed by atoms with van der Waals surface area (Å²) in [7, 11) is -10.7. The minimum Gasteiger partial charge on any atom is -0.462 e. The molecule has 0 spiro atoms. The van der Waals surface area contributed by atoms with Crippen molar-refractivity contribution in [3.8, 4) is 0 Å². The standard InChI is InChI=1S/C39H76O16P2S/c1-2-3-4-5-6-7-8-9-11-15-18-21-24-27-33(41)53-31(29-51-32(40)26-23-20-17-14-12-10-13-16-19-22-25-28-58)30-52-57(49,50)55-39-36(44)34(42)35(43)38(37(39)45)54-56(46,47)48/h31,34-39,42-45,58H,2-30H2,1H3,(H,49,50)(H2,46,47,48)/t31-,34+,35?,36?,37-,38-,39?/m1/s1. The van der Waals surface area contributed by atoms with E-state index >= 15 is 0 Å². The molecule has 4 unspecified atom stereocenters. The SMILES string of the molecule is CCCCCCCCCCCCCCCC(=O)O[C@H](COC(=O)CCCCCCCCCCCCCS)COP(=O)(O)OC1C(O)[C@@H](O)C(O)[C@@H](OP(=O)(O)O)[C@H]1O. The molecule has 1 saturated carbocycles. The Labute approximate surface area is 351 Å². The fourth-order valence-electron chi connectivity index (χ4n) is 6.83. The predicted molar refractivity (Wildman–Crippen MR) is 222 cm³/mol. The van der Waals surface area contributed by atoms with Crippen LogP contribution in [0.4, 0.5) is 0 Å². The number of ether oxygens (including phenoxy) is 2. The molecule has 0 aromatic carbocycles. The summed E-state index contributed by atoms with van der Waals surface area (Å²) in [6, 6.07) is 0.